The number of nitrogens with one attached hydrogen (secondary N) is 16. The van der Waals surface area contributed by atoms with Gasteiger partial charge in [0.1, 0.15) is 46.1 Å². The van der Waals surface area contributed by atoms with Crippen molar-refractivity contribution in [3.8, 4) is 0 Å². The van der Waals surface area contributed by atoms with Crippen LogP contribution in [0.15, 0.2) is 60.5 Å². The average molecular weight is 1910 g/mol. The molecule has 40 nitrogen and oxygen atoms in total. The zero-order valence-electron chi connectivity index (χ0n) is 85.5. The lowest BCUT2D eigenvalue weighted by Crippen LogP contribution is -2.28. The predicted molar refractivity (Wildman–Crippen MR) is 528 cm³/mol. The van der Waals surface area contributed by atoms with Crippen LogP contribution in [0.3, 0.4) is 0 Å². The maximum absolute atomic E-state index is 11.9. The van der Waals surface area contributed by atoms with Crippen LogP contribution in [0.4, 0.5) is 0 Å². The molecule has 0 atom stereocenters. The number of hydrogen-bond donors (Lipinski definition) is 16. The molecular weight excluding hydrogens is 1750 g/mol. The molecule has 0 aromatic carbocycles. The van der Waals surface area contributed by atoms with Crippen molar-refractivity contribution in [1.82, 2.24) is 126 Å². The van der Waals surface area contributed by atoms with Crippen molar-refractivity contribution in [2.45, 2.75) is 266 Å². The van der Waals surface area contributed by atoms with Crippen LogP contribution < -0.4 is 85.1 Å². The van der Waals surface area contributed by atoms with E-state index >= 15 is 0 Å². The summed E-state index contributed by atoms with van der Waals surface area (Å²) in [6.45, 7) is 54.5. The normalized spacial score (nSPS) is 10.5. The average Bonchev–Trinajstić information content (AvgIpc) is 1.72. The molecule has 0 aliphatic rings. The van der Waals surface area contributed by atoms with Gasteiger partial charge in [0.15, 0.2) is 45.6 Å². The van der Waals surface area contributed by atoms with Crippen molar-refractivity contribution in [3.05, 3.63) is 138 Å². The van der Waals surface area contributed by atoms with E-state index in [9.17, 15) is 38.4 Å². The Morgan fingerprint density at radius 2 is 0.419 bits per heavy atom. The fourth-order valence-electron chi connectivity index (χ4n) is 11.9. The molecule has 8 aromatic heterocycles. The highest BCUT2D eigenvalue weighted by Crippen LogP contribution is 2.18. The second-order valence-corrected chi connectivity index (χ2v) is 31.4. The van der Waals surface area contributed by atoms with Crippen LogP contribution in [0, 0.1) is 27.7 Å². The summed E-state index contributed by atoms with van der Waals surface area (Å²) < 4.78 is 40.2. The van der Waals surface area contributed by atoms with Gasteiger partial charge in [-0.05, 0) is 210 Å². The standard InChI is InChI=1S/C14H25N3O2.2C13H23N3O2.2C12H21N3O2.2C11H19N3O2.C10H17N3O2/c1-4-6-8-15-9-7-10-16-14(18)13-11(3)12(5-2)19-17-13;1-4-7-14-8-6-9-15-13(17)12-10(3)11(5-2)18-16-12;1-3-5-7-14-8-6-9-15-13(17)12-10-11(4-2)18-16-12;1-4-10-9(3)11(15-17-10)12(16)14-8-6-7-13-5-2;1-3-6-13-7-5-8-14-12(16)11-9-10(4-2)17-15-11;1-4-9-8(2)10(14-16-9)11(15)13-7-5-6-12-3;1-3-9-8-10(14-16-9)11(15)13-7-5-6-12-4-2;1-3-8-7-9(13-15-8)10(14)12-6-4-5-11-2/h15H,4-10H2,1-3H3,(H,16,18);14H,4-9H2,1-3H3,(H,15,17);10,14H,3-9H2,1-2H3,(H,15,17);13H,4-8H2,1-3H3,(H,14,16);9,13H,3-8H2,1-2H3,(H,14,16);12H,4-7H2,1-3H3,(H,13,15);8,12H,3-7H2,1-2H3,(H,13,15);7,11H,3-6H2,1-2H3,(H,12,14). The molecule has 8 rings (SSSR count). The molecule has 8 amide bonds. The molecule has 16 N–H and O–H groups in total. The van der Waals surface area contributed by atoms with Crippen molar-refractivity contribution in [2.75, 3.05) is 158 Å². The number of carbonyl (C=O) groups is 8. The van der Waals surface area contributed by atoms with Crippen molar-refractivity contribution < 1.29 is 74.5 Å². The third kappa shape index (κ3) is 53.6. The topological polar surface area (TPSA) is 537 Å². The lowest BCUT2D eigenvalue weighted by atomic mass is 10.2. The summed E-state index contributed by atoms with van der Waals surface area (Å²) in [5, 5.41) is 78.3. The van der Waals surface area contributed by atoms with E-state index in [0.717, 1.165) is 276 Å². The van der Waals surface area contributed by atoms with Gasteiger partial charge in [-0.2, -0.15) is 0 Å². The molecule has 8 aromatic rings. The van der Waals surface area contributed by atoms with Crippen LogP contribution in [0.1, 0.15) is 339 Å². The van der Waals surface area contributed by atoms with Crippen molar-refractivity contribution in [1.29, 1.82) is 0 Å². The summed E-state index contributed by atoms with van der Waals surface area (Å²) in [6.07, 6.45) is 20.4. The number of aryl methyl sites for hydroxylation is 8. The maximum Gasteiger partial charge on any atom is 0.273 e. The van der Waals surface area contributed by atoms with Gasteiger partial charge >= 0.3 is 0 Å². The summed E-state index contributed by atoms with van der Waals surface area (Å²) in [7, 11) is 3.77. The van der Waals surface area contributed by atoms with E-state index < -0.39 is 0 Å². The second kappa shape index (κ2) is 80.2. The molecule has 0 saturated heterocycles. The van der Waals surface area contributed by atoms with E-state index in [0.29, 0.717) is 97.9 Å². The Balaban J connectivity index is 0.000000778. The van der Waals surface area contributed by atoms with Crippen LogP contribution in [0.5, 0.6) is 0 Å². The number of nitrogens with zero attached hydrogens (tertiary/aromatic N) is 8. The molecule has 40 heteroatoms. The molecule has 0 unspecified atom stereocenters. The third-order valence-corrected chi connectivity index (χ3v) is 20.2. The maximum atomic E-state index is 11.9. The first-order valence-electron chi connectivity index (χ1n) is 49.3. The number of unbranched alkanes of at least 4 members (excludes halogenated alkanes) is 2. The van der Waals surface area contributed by atoms with E-state index in [2.05, 4.69) is 168 Å². The highest BCUT2D eigenvalue weighted by Gasteiger charge is 2.22. The smallest absolute Gasteiger partial charge is 0.273 e. The van der Waals surface area contributed by atoms with E-state index in [4.69, 9.17) is 36.2 Å². The number of amides is 8. The van der Waals surface area contributed by atoms with Crippen LogP contribution in [-0.2, 0) is 51.4 Å². The van der Waals surface area contributed by atoms with Crippen LogP contribution in [0.25, 0.3) is 0 Å². The minimum absolute atomic E-state index is 0.144. The van der Waals surface area contributed by atoms with Crippen molar-refractivity contribution >= 4 is 47.3 Å². The zero-order chi connectivity index (χ0) is 101. The Kier molecular flexibility index (Phi) is 72.7. The van der Waals surface area contributed by atoms with E-state index in [1.54, 1.807) is 24.3 Å². The van der Waals surface area contributed by atoms with Crippen LogP contribution >= 0.6 is 0 Å². The highest BCUT2D eigenvalue weighted by molar-refractivity contribution is 5.96. The van der Waals surface area contributed by atoms with Gasteiger partial charge in [0.25, 0.3) is 47.3 Å². The summed E-state index contributed by atoms with van der Waals surface area (Å²) in [5.41, 5.74) is 6.46. The minimum Gasteiger partial charge on any atom is -0.361 e. The Morgan fingerprint density at radius 3 is 0.596 bits per heavy atom. The monoisotopic (exact) mass is 1910 g/mol. The molecular formula is C96H168N24O16. The van der Waals surface area contributed by atoms with Gasteiger partial charge in [-0.25, -0.2) is 0 Å². The quantitative estimate of drug-likeness (QED) is 0.0157. The minimum atomic E-state index is -0.172. The van der Waals surface area contributed by atoms with Gasteiger partial charge in [-0.1, -0.05) is 151 Å². The van der Waals surface area contributed by atoms with Gasteiger partial charge in [0.2, 0.25) is 0 Å². The van der Waals surface area contributed by atoms with E-state index in [1.165, 1.54) is 25.7 Å². The fraction of sp³-hybridized carbons (Fsp3) is 0.667. The predicted octanol–water partition coefficient (Wildman–Crippen LogP) is 10.5. The fourth-order valence-corrected chi connectivity index (χ4v) is 11.9. The molecule has 768 valence electrons. The molecule has 0 bridgehead atoms. The summed E-state index contributed by atoms with van der Waals surface area (Å²) in [6, 6.07) is 6.73. The molecule has 0 aliphatic carbocycles. The Morgan fingerprint density at radius 1 is 0.221 bits per heavy atom. The number of aromatic nitrogens is 8. The van der Waals surface area contributed by atoms with Crippen molar-refractivity contribution in [3.63, 3.8) is 0 Å². The number of hydrogen-bond acceptors (Lipinski definition) is 32. The van der Waals surface area contributed by atoms with E-state index in [1.807, 2.05) is 97.2 Å². The summed E-state index contributed by atoms with van der Waals surface area (Å²) in [5.74, 6) is 4.81. The molecule has 0 saturated carbocycles. The summed E-state index contributed by atoms with van der Waals surface area (Å²) in [4.78, 5) is 93.5. The van der Waals surface area contributed by atoms with Gasteiger partial charge in [-0.15, -0.1) is 0 Å². The first kappa shape index (κ1) is 123. The zero-order valence-corrected chi connectivity index (χ0v) is 85.5. The van der Waals surface area contributed by atoms with Gasteiger partial charge in [0, 0.05) is 150 Å². The lowest BCUT2D eigenvalue weighted by Gasteiger charge is -2.05. The van der Waals surface area contributed by atoms with E-state index in [-0.39, 0.29) is 47.3 Å². The SMILES string of the molecule is CCCCNCCCNC(=O)c1cc(CC)on1.CCCCNCCCNC(=O)c1noc(CC)c1C.CCCNCCCNC(=O)c1cc(CC)on1.CCCNCCCNC(=O)c1noc(CC)c1C.CCNCCCNC(=O)c1cc(CC)on1.CCNCCCNC(=O)c1noc(CC)c1C.CCc1cc(C(=O)NCCCNC)no1.CCc1onc(C(=O)NCCCNC)c1C. The Hall–Kier alpha value is -10.9. The van der Waals surface area contributed by atoms with Crippen molar-refractivity contribution in [2.24, 2.45) is 0 Å². The number of carbonyl (C=O) groups excluding carboxylic acids is 8. The molecule has 0 spiro atoms. The number of rotatable bonds is 60. The molecule has 0 fully saturated rings. The molecule has 8 heterocycles. The van der Waals surface area contributed by atoms with Crippen LogP contribution in [-0.4, -0.2) is 247 Å². The molecule has 0 aliphatic heterocycles. The van der Waals surface area contributed by atoms with Gasteiger partial charge in [-0.3, -0.25) is 38.4 Å². The largest absolute Gasteiger partial charge is 0.361 e. The molecule has 0 radical (unpaired) electrons. The Labute approximate surface area is 806 Å². The third-order valence-electron chi connectivity index (χ3n) is 20.2. The Bertz CT molecular complexity index is 4430. The first-order valence-corrected chi connectivity index (χ1v) is 49.3. The lowest BCUT2D eigenvalue weighted by molar-refractivity contribution is 0.0935. The summed E-state index contributed by atoms with van der Waals surface area (Å²) >= 11 is 0. The second-order valence-electron chi connectivity index (χ2n) is 31.4. The van der Waals surface area contributed by atoms with Gasteiger partial charge in [0.05, 0.1) is 0 Å². The first-order chi connectivity index (χ1) is 65.9. The highest BCUT2D eigenvalue weighted by atomic mass is 16.5. The van der Waals surface area contributed by atoms with Gasteiger partial charge < -0.3 is 121 Å². The molecule has 136 heavy (non-hydrogen) atoms. The van der Waals surface area contributed by atoms with Crippen LogP contribution in [0.2, 0.25) is 0 Å².